The van der Waals surface area contributed by atoms with Crippen LogP contribution in [0.15, 0.2) is 55.6 Å². The van der Waals surface area contributed by atoms with Gasteiger partial charge in [-0.1, -0.05) is 43.0 Å². The molecule has 0 saturated heterocycles. The molecule has 2 heteroatoms. The van der Waals surface area contributed by atoms with Gasteiger partial charge < -0.3 is 10.1 Å². The first-order chi connectivity index (χ1) is 12.4. The van der Waals surface area contributed by atoms with Gasteiger partial charge in [0.2, 0.25) is 0 Å². The zero-order valence-corrected chi connectivity index (χ0v) is 15.7. The highest BCUT2D eigenvalue weighted by Crippen LogP contribution is 2.51. The summed E-state index contributed by atoms with van der Waals surface area (Å²) in [5, 5.41) is 3.65. The highest BCUT2D eigenvalue weighted by atomic mass is 16.5. The molecule has 0 aliphatic carbocycles. The molecule has 0 bridgehead atoms. The van der Waals surface area contributed by atoms with E-state index in [4.69, 9.17) is 4.74 Å². The van der Waals surface area contributed by atoms with Crippen LogP contribution in [0.25, 0.3) is 22.8 Å². The van der Waals surface area contributed by atoms with E-state index >= 15 is 0 Å². The van der Waals surface area contributed by atoms with E-state index in [9.17, 15) is 0 Å². The Hall–Kier alpha value is -2.74. The van der Waals surface area contributed by atoms with Crippen molar-refractivity contribution in [3.8, 4) is 16.9 Å². The molecule has 2 aliphatic heterocycles. The van der Waals surface area contributed by atoms with Gasteiger partial charge in [0, 0.05) is 28.8 Å². The predicted molar refractivity (Wildman–Crippen MR) is 112 cm³/mol. The standard InChI is InChI=1S/C24H25NO/c1-6-9-19-23-17(22-16(7-2)10-8-11-20(22)26-19)12-13-18-21(23)15(3)14-24(4,5)25-18/h6-8,10-14,19,25H,1-2,9H2,3-5H3. The third kappa shape index (κ3) is 2.48. The summed E-state index contributed by atoms with van der Waals surface area (Å²) in [5.74, 6) is 0.924. The van der Waals surface area contributed by atoms with Crippen LogP contribution in [0.3, 0.4) is 0 Å². The van der Waals surface area contributed by atoms with Crippen molar-refractivity contribution in [2.24, 2.45) is 0 Å². The molecule has 2 nitrogen and oxygen atoms in total. The van der Waals surface area contributed by atoms with E-state index in [1.165, 1.54) is 28.0 Å². The molecule has 2 heterocycles. The van der Waals surface area contributed by atoms with Crippen LogP contribution in [0, 0.1) is 0 Å². The number of hydrogen-bond acceptors (Lipinski definition) is 2. The summed E-state index contributed by atoms with van der Waals surface area (Å²) in [4.78, 5) is 0. The van der Waals surface area contributed by atoms with Crippen molar-refractivity contribution in [2.75, 3.05) is 5.32 Å². The second-order valence-electron chi connectivity index (χ2n) is 7.68. The molecule has 1 atom stereocenters. The number of fused-ring (bicyclic) bond motifs is 5. The summed E-state index contributed by atoms with van der Waals surface area (Å²) in [6, 6.07) is 10.6. The highest BCUT2D eigenvalue weighted by Gasteiger charge is 2.33. The molecule has 0 radical (unpaired) electrons. The van der Waals surface area contributed by atoms with Gasteiger partial charge in [0.05, 0.1) is 5.54 Å². The zero-order chi connectivity index (χ0) is 18.5. The van der Waals surface area contributed by atoms with E-state index in [1.807, 2.05) is 24.3 Å². The fourth-order valence-electron chi connectivity index (χ4n) is 4.33. The molecule has 2 aromatic rings. The lowest BCUT2D eigenvalue weighted by molar-refractivity contribution is 0.205. The summed E-state index contributed by atoms with van der Waals surface area (Å²) in [6.45, 7) is 14.5. The van der Waals surface area contributed by atoms with Crippen molar-refractivity contribution in [3.63, 3.8) is 0 Å². The predicted octanol–water partition coefficient (Wildman–Crippen LogP) is 6.61. The van der Waals surface area contributed by atoms with Crippen molar-refractivity contribution >= 4 is 17.3 Å². The minimum atomic E-state index is -0.0566. The number of rotatable bonds is 3. The van der Waals surface area contributed by atoms with Gasteiger partial charge in [0.1, 0.15) is 11.9 Å². The molecule has 0 aromatic heterocycles. The van der Waals surface area contributed by atoms with E-state index in [-0.39, 0.29) is 11.6 Å². The van der Waals surface area contributed by atoms with Crippen LogP contribution < -0.4 is 10.1 Å². The second-order valence-corrected chi connectivity index (χ2v) is 7.68. The van der Waals surface area contributed by atoms with Gasteiger partial charge in [-0.3, -0.25) is 0 Å². The van der Waals surface area contributed by atoms with E-state index in [1.54, 1.807) is 0 Å². The maximum atomic E-state index is 6.43. The fourth-order valence-corrected chi connectivity index (χ4v) is 4.33. The van der Waals surface area contributed by atoms with Gasteiger partial charge in [-0.05, 0) is 49.6 Å². The first-order valence-corrected chi connectivity index (χ1v) is 9.13. The topological polar surface area (TPSA) is 21.3 Å². The Morgan fingerprint density at radius 3 is 2.69 bits per heavy atom. The Morgan fingerprint density at radius 2 is 1.96 bits per heavy atom. The minimum Gasteiger partial charge on any atom is -0.485 e. The highest BCUT2D eigenvalue weighted by molar-refractivity contribution is 5.92. The Kier molecular flexibility index (Phi) is 3.80. The second kappa shape index (κ2) is 5.91. The monoisotopic (exact) mass is 343 g/mol. The lowest BCUT2D eigenvalue weighted by atomic mass is 9.80. The number of allylic oxidation sites excluding steroid dienone is 1. The molecule has 2 aliphatic rings. The molecule has 0 amide bonds. The maximum Gasteiger partial charge on any atom is 0.128 e. The van der Waals surface area contributed by atoms with Crippen molar-refractivity contribution < 1.29 is 4.74 Å². The SMILES string of the molecule is C=CCC1Oc2cccc(C=C)c2-c2ccc3c(c21)C(C)=CC(C)(C)N3. The molecular weight excluding hydrogens is 318 g/mol. The lowest BCUT2D eigenvalue weighted by Gasteiger charge is -2.37. The number of nitrogens with one attached hydrogen (secondary N) is 1. The Labute approximate surface area is 155 Å². The molecule has 0 fully saturated rings. The fraction of sp³-hybridized carbons (Fsp3) is 0.250. The van der Waals surface area contributed by atoms with Gasteiger partial charge in [-0.25, -0.2) is 0 Å². The molecule has 1 N–H and O–H groups in total. The summed E-state index contributed by atoms with van der Waals surface area (Å²) >= 11 is 0. The van der Waals surface area contributed by atoms with Crippen LogP contribution in [-0.2, 0) is 0 Å². The molecule has 26 heavy (non-hydrogen) atoms. The average Bonchev–Trinajstić information content (AvgIpc) is 2.59. The largest absolute Gasteiger partial charge is 0.485 e. The van der Waals surface area contributed by atoms with Gasteiger partial charge in [-0.15, -0.1) is 6.58 Å². The molecule has 4 rings (SSSR count). The number of hydrogen-bond donors (Lipinski definition) is 1. The normalized spacial score (nSPS) is 19.0. The van der Waals surface area contributed by atoms with E-state index in [2.05, 4.69) is 63.5 Å². The van der Waals surface area contributed by atoms with E-state index in [0.717, 1.165) is 23.3 Å². The Morgan fingerprint density at radius 1 is 1.15 bits per heavy atom. The number of ether oxygens (including phenoxy) is 1. The molecule has 0 spiro atoms. The van der Waals surface area contributed by atoms with Gasteiger partial charge in [0.25, 0.3) is 0 Å². The molecular formula is C24H25NO. The summed E-state index contributed by atoms with van der Waals surface area (Å²) in [7, 11) is 0. The first-order valence-electron chi connectivity index (χ1n) is 9.13. The average molecular weight is 343 g/mol. The summed E-state index contributed by atoms with van der Waals surface area (Å²) in [6.07, 6.45) is 6.89. The van der Waals surface area contributed by atoms with Crippen LogP contribution >= 0.6 is 0 Å². The van der Waals surface area contributed by atoms with Crippen molar-refractivity contribution in [3.05, 3.63) is 72.3 Å². The maximum absolute atomic E-state index is 6.43. The van der Waals surface area contributed by atoms with Gasteiger partial charge in [0.15, 0.2) is 0 Å². The zero-order valence-electron chi connectivity index (χ0n) is 15.7. The van der Waals surface area contributed by atoms with Crippen LogP contribution in [0.5, 0.6) is 5.75 Å². The van der Waals surface area contributed by atoms with Crippen molar-refractivity contribution in [1.29, 1.82) is 0 Å². The third-order valence-corrected chi connectivity index (χ3v) is 5.19. The molecule has 132 valence electrons. The number of benzene rings is 2. The summed E-state index contributed by atoms with van der Waals surface area (Å²) < 4.78 is 6.43. The third-order valence-electron chi connectivity index (χ3n) is 5.19. The van der Waals surface area contributed by atoms with E-state index in [0.29, 0.717) is 0 Å². The Balaban J connectivity index is 2.04. The van der Waals surface area contributed by atoms with Crippen molar-refractivity contribution in [1.82, 2.24) is 0 Å². The number of anilines is 1. The molecule has 1 unspecified atom stereocenters. The quantitative estimate of drug-likeness (QED) is 0.633. The van der Waals surface area contributed by atoms with Crippen LogP contribution in [0.1, 0.15) is 50.0 Å². The van der Waals surface area contributed by atoms with Crippen LogP contribution in [-0.4, -0.2) is 5.54 Å². The lowest BCUT2D eigenvalue weighted by Crippen LogP contribution is -2.32. The van der Waals surface area contributed by atoms with E-state index < -0.39 is 0 Å². The molecule has 0 saturated carbocycles. The summed E-state index contributed by atoms with van der Waals surface area (Å²) in [5.41, 5.74) is 8.40. The van der Waals surface area contributed by atoms with Crippen molar-refractivity contribution in [2.45, 2.75) is 38.8 Å². The van der Waals surface area contributed by atoms with Crippen LogP contribution in [0.4, 0.5) is 5.69 Å². The smallest absolute Gasteiger partial charge is 0.128 e. The van der Waals surface area contributed by atoms with Gasteiger partial charge in [-0.2, -0.15) is 0 Å². The minimum absolute atomic E-state index is 0.0311. The van der Waals surface area contributed by atoms with Gasteiger partial charge >= 0.3 is 0 Å². The van der Waals surface area contributed by atoms with Crippen LogP contribution in [0.2, 0.25) is 0 Å². The molecule has 2 aromatic carbocycles. The first kappa shape index (κ1) is 16.7. The Bertz CT molecular complexity index is 949.